The normalized spacial score (nSPS) is 18.4. The van der Waals surface area contributed by atoms with Crippen molar-refractivity contribution in [3.05, 3.63) is 53.6 Å². The molecule has 0 N–H and O–H groups in total. The van der Waals surface area contributed by atoms with Gasteiger partial charge in [-0.3, -0.25) is 0 Å². The van der Waals surface area contributed by atoms with Gasteiger partial charge in [-0.1, -0.05) is 0 Å². The monoisotopic (exact) mass is 532 g/mol. The van der Waals surface area contributed by atoms with Crippen molar-refractivity contribution in [1.29, 1.82) is 0 Å². The zero-order valence-electron chi connectivity index (χ0n) is 22.8. The van der Waals surface area contributed by atoms with Crippen LogP contribution in [0.4, 0.5) is 20.8 Å². The number of carbonyl (C=O) groups is 1. The van der Waals surface area contributed by atoms with Crippen molar-refractivity contribution in [3.8, 4) is 0 Å². The molecule has 1 atom stereocenters. The van der Waals surface area contributed by atoms with E-state index in [4.69, 9.17) is 14.8 Å². The Balaban J connectivity index is 1.31. The topological polar surface area (TPSA) is 92.0 Å². The third kappa shape index (κ3) is 4.93. The first kappa shape index (κ1) is 25.3. The van der Waals surface area contributed by atoms with Gasteiger partial charge in [-0.15, -0.1) is 15.3 Å². The van der Waals surface area contributed by atoms with Crippen LogP contribution in [0.5, 0.6) is 0 Å². The summed E-state index contributed by atoms with van der Waals surface area (Å²) in [4.78, 5) is 24.4. The van der Waals surface area contributed by atoms with E-state index < -0.39 is 5.60 Å². The van der Waals surface area contributed by atoms with Crippen LogP contribution in [0.1, 0.15) is 51.0 Å². The molecule has 10 nitrogen and oxygen atoms in total. The van der Waals surface area contributed by atoms with Crippen molar-refractivity contribution in [2.24, 2.45) is 0 Å². The maximum absolute atomic E-state index is 14.1. The molecule has 0 radical (unpaired) electrons. The van der Waals surface area contributed by atoms with Crippen LogP contribution in [0.2, 0.25) is 0 Å². The molecule has 1 amide bonds. The van der Waals surface area contributed by atoms with Crippen molar-refractivity contribution in [1.82, 2.24) is 29.7 Å². The Labute approximate surface area is 226 Å². The molecule has 3 aromatic heterocycles. The van der Waals surface area contributed by atoms with Crippen LogP contribution >= 0.6 is 0 Å². The second-order valence-electron chi connectivity index (χ2n) is 11.3. The molecule has 2 aliphatic heterocycles. The summed E-state index contributed by atoms with van der Waals surface area (Å²) in [6.45, 7) is 11.0. The summed E-state index contributed by atoms with van der Waals surface area (Å²) in [5.41, 5.74) is 1.72. The number of likely N-dealkylation sites (tertiary alicyclic amines) is 1. The van der Waals surface area contributed by atoms with Crippen molar-refractivity contribution >= 4 is 34.3 Å². The van der Waals surface area contributed by atoms with Gasteiger partial charge in [0.2, 0.25) is 0 Å². The number of carbonyl (C=O) groups excluding carboxylic acids is 1. The van der Waals surface area contributed by atoms with Crippen LogP contribution in [-0.2, 0) is 4.74 Å². The molecule has 6 rings (SSSR count). The lowest BCUT2D eigenvalue weighted by molar-refractivity contribution is 0.0224. The molecule has 2 fully saturated rings. The first-order valence-corrected chi connectivity index (χ1v) is 13.4. The van der Waals surface area contributed by atoms with Gasteiger partial charge < -0.3 is 19.4 Å². The number of rotatable bonds is 3. The minimum absolute atomic E-state index is 0.157. The maximum Gasteiger partial charge on any atom is 0.410 e. The number of aromatic nitrogens is 5. The highest BCUT2D eigenvalue weighted by Gasteiger charge is 2.36. The van der Waals surface area contributed by atoms with Crippen molar-refractivity contribution < 1.29 is 13.9 Å². The number of aryl methyl sites for hydroxylation is 1. The van der Waals surface area contributed by atoms with E-state index in [1.165, 1.54) is 12.1 Å². The molecule has 204 valence electrons. The van der Waals surface area contributed by atoms with E-state index in [1.807, 2.05) is 44.7 Å². The van der Waals surface area contributed by atoms with E-state index >= 15 is 0 Å². The molecule has 0 spiro atoms. The van der Waals surface area contributed by atoms with Crippen molar-refractivity contribution in [2.75, 3.05) is 42.5 Å². The number of nitrogens with zero attached hydrogens (tertiary/aromatic N) is 8. The molecule has 1 unspecified atom stereocenters. The molecule has 2 aliphatic rings. The number of benzene rings is 1. The lowest BCUT2D eigenvalue weighted by atomic mass is 10.0. The standard InChI is InChI=1S/C28H33FN8O2/c1-18-31-32-24-9-10-25(33-37(18)24)34-12-14-35(15-13-34)26-21(16-19-7-8-20(29)17-22(19)30-26)23-6-5-11-36(23)27(38)39-28(2,3)4/h7-10,16-17,23H,5-6,11-15H2,1-4H3. The van der Waals surface area contributed by atoms with Gasteiger partial charge >= 0.3 is 6.09 Å². The molecular formula is C28H33FN8O2. The second-order valence-corrected chi connectivity index (χ2v) is 11.3. The highest BCUT2D eigenvalue weighted by molar-refractivity contribution is 5.83. The fourth-order valence-corrected chi connectivity index (χ4v) is 5.48. The summed E-state index contributed by atoms with van der Waals surface area (Å²) >= 11 is 0. The fourth-order valence-electron chi connectivity index (χ4n) is 5.48. The van der Waals surface area contributed by atoms with Gasteiger partial charge in [0.05, 0.1) is 11.6 Å². The fraction of sp³-hybridized carbons (Fsp3) is 0.464. The Morgan fingerprint density at radius 1 is 1.00 bits per heavy atom. The molecule has 0 bridgehead atoms. The molecule has 2 saturated heterocycles. The number of piperazine rings is 1. The summed E-state index contributed by atoms with van der Waals surface area (Å²) < 4.78 is 21.6. The molecular weight excluding hydrogens is 499 g/mol. The first-order valence-electron chi connectivity index (χ1n) is 13.4. The predicted octanol–water partition coefficient (Wildman–Crippen LogP) is 4.52. The SMILES string of the molecule is Cc1nnc2ccc(N3CCN(c4nc5cc(F)ccc5cc4C4CCCN4C(=O)OC(C)(C)C)CC3)nn12. The predicted molar refractivity (Wildman–Crippen MR) is 147 cm³/mol. The number of pyridine rings is 1. The van der Waals surface area contributed by atoms with Crippen LogP contribution in [0.25, 0.3) is 16.6 Å². The van der Waals surface area contributed by atoms with Crippen LogP contribution in [0, 0.1) is 12.7 Å². The number of hydrogen-bond acceptors (Lipinski definition) is 8. The lowest BCUT2D eigenvalue weighted by Crippen LogP contribution is -2.48. The number of ether oxygens (including phenoxy) is 1. The summed E-state index contributed by atoms with van der Waals surface area (Å²) in [6.07, 6.45) is 1.39. The average Bonchev–Trinajstić information content (AvgIpc) is 3.54. The van der Waals surface area contributed by atoms with E-state index in [-0.39, 0.29) is 18.0 Å². The van der Waals surface area contributed by atoms with E-state index in [1.54, 1.807) is 10.6 Å². The Morgan fingerprint density at radius 2 is 1.77 bits per heavy atom. The lowest BCUT2D eigenvalue weighted by Gasteiger charge is -2.38. The minimum atomic E-state index is -0.578. The van der Waals surface area contributed by atoms with E-state index in [9.17, 15) is 9.18 Å². The minimum Gasteiger partial charge on any atom is -0.444 e. The Bertz CT molecular complexity index is 1540. The number of anilines is 2. The van der Waals surface area contributed by atoms with Gasteiger partial charge in [0.25, 0.3) is 0 Å². The van der Waals surface area contributed by atoms with E-state index in [0.717, 1.165) is 60.0 Å². The number of fused-ring (bicyclic) bond motifs is 2. The van der Waals surface area contributed by atoms with Crippen molar-refractivity contribution in [3.63, 3.8) is 0 Å². The summed E-state index contributed by atoms with van der Waals surface area (Å²) in [7, 11) is 0. The average molecular weight is 533 g/mol. The molecule has 4 aromatic rings. The highest BCUT2D eigenvalue weighted by atomic mass is 19.1. The highest BCUT2D eigenvalue weighted by Crippen LogP contribution is 2.39. The second kappa shape index (κ2) is 9.62. The van der Waals surface area contributed by atoms with Gasteiger partial charge in [-0.25, -0.2) is 14.2 Å². The molecule has 11 heteroatoms. The molecule has 1 aromatic carbocycles. The summed E-state index contributed by atoms with van der Waals surface area (Å²) in [5, 5.41) is 13.8. The van der Waals surface area contributed by atoms with Crippen molar-refractivity contribution in [2.45, 2.75) is 52.2 Å². The number of halogens is 1. The first-order chi connectivity index (χ1) is 18.7. The maximum atomic E-state index is 14.1. The van der Waals surface area contributed by atoms with Gasteiger partial charge in [-0.05, 0) is 70.9 Å². The molecule has 39 heavy (non-hydrogen) atoms. The molecule has 0 saturated carbocycles. The largest absolute Gasteiger partial charge is 0.444 e. The Morgan fingerprint density at radius 3 is 2.54 bits per heavy atom. The van der Waals surface area contributed by atoms with Gasteiger partial charge in [-0.2, -0.15) is 4.52 Å². The zero-order valence-corrected chi connectivity index (χ0v) is 22.8. The van der Waals surface area contributed by atoms with Crippen LogP contribution in [-0.4, -0.2) is 74.1 Å². The number of amides is 1. The van der Waals surface area contributed by atoms with E-state index in [0.29, 0.717) is 25.2 Å². The van der Waals surface area contributed by atoms with Gasteiger partial charge in [0, 0.05) is 49.7 Å². The Kier molecular flexibility index (Phi) is 6.23. The molecule has 0 aliphatic carbocycles. The quantitative estimate of drug-likeness (QED) is 0.380. The Hall–Kier alpha value is -4.02. The van der Waals surface area contributed by atoms with Crippen LogP contribution < -0.4 is 9.80 Å². The molecule has 5 heterocycles. The van der Waals surface area contributed by atoms with Crippen LogP contribution in [0.3, 0.4) is 0 Å². The smallest absolute Gasteiger partial charge is 0.410 e. The zero-order chi connectivity index (χ0) is 27.3. The van der Waals surface area contributed by atoms with Gasteiger partial charge in [0.15, 0.2) is 11.5 Å². The summed E-state index contributed by atoms with van der Waals surface area (Å²) in [5.74, 6) is 2.09. The van der Waals surface area contributed by atoms with Crippen LogP contribution in [0.15, 0.2) is 36.4 Å². The summed E-state index contributed by atoms with van der Waals surface area (Å²) in [6, 6.07) is 10.5. The number of hydrogen-bond donors (Lipinski definition) is 0. The third-order valence-corrected chi connectivity index (χ3v) is 7.34. The van der Waals surface area contributed by atoms with E-state index in [2.05, 4.69) is 26.1 Å². The van der Waals surface area contributed by atoms with Gasteiger partial charge in [0.1, 0.15) is 23.1 Å². The third-order valence-electron chi connectivity index (χ3n) is 7.34.